The van der Waals surface area contributed by atoms with Gasteiger partial charge < -0.3 is 15.0 Å². The fraction of sp³-hybridized carbons (Fsp3) is 0.917. The van der Waals surface area contributed by atoms with E-state index in [1.165, 1.54) is 0 Å². The van der Waals surface area contributed by atoms with Gasteiger partial charge in [-0.1, -0.05) is 0 Å². The third kappa shape index (κ3) is 3.66. The summed E-state index contributed by atoms with van der Waals surface area (Å²) in [4.78, 5) is 15.5. The number of hydrogen-bond acceptors (Lipinski definition) is 4. The minimum atomic E-state index is 0.198. The molecule has 0 atom stereocenters. The van der Waals surface area contributed by atoms with Gasteiger partial charge in [-0.25, -0.2) is 0 Å². The van der Waals surface area contributed by atoms with Crippen molar-refractivity contribution >= 4 is 5.91 Å². The van der Waals surface area contributed by atoms with Crippen molar-refractivity contribution in [1.29, 1.82) is 0 Å². The van der Waals surface area contributed by atoms with Gasteiger partial charge in [-0.2, -0.15) is 0 Å². The average molecular weight is 241 g/mol. The highest BCUT2D eigenvalue weighted by molar-refractivity contribution is 5.77. The van der Waals surface area contributed by atoms with Gasteiger partial charge in [0.2, 0.25) is 5.91 Å². The van der Waals surface area contributed by atoms with Crippen molar-refractivity contribution in [3.8, 4) is 0 Å². The van der Waals surface area contributed by atoms with Crippen molar-refractivity contribution in [3.63, 3.8) is 0 Å². The lowest BCUT2D eigenvalue weighted by molar-refractivity contribution is -0.130. The second-order valence-electron chi connectivity index (χ2n) is 5.24. The van der Waals surface area contributed by atoms with Crippen molar-refractivity contribution in [3.05, 3.63) is 0 Å². The first-order chi connectivity index (χ1) is 8.15. The number of nitrogens with one attached hydrogen (secondary N) is 1. The van der Waals surface area contributed by atoms with Gasteiger partial charge in [0, 0.05) is 33.2 Å². The van der Waals surface area contributed by atoms with Crippen molar-refractivity contribution < 1.29 is 9.53 Å². The molecular weight excluding hydrogens is 218 g/mol. The maximum Gasteiger partial charge on any atom is 0.236 e. The Morgan fingerprint density at radius 2 is 1.94 bits per heavy atom. The molecule has 0 aliphatic carbocycles. The molecule has 5 heteroatoms. The fourth-order valence-electron chi connectivity index (χ4n) is 2.26. The van der Waals surface area contributed by atoms with E-state index in [0.29, 0.717) is 18.6 Å². The lowest BCUT2D eigenvalue weighted by Gasteiger charge is -2.37. The van der Waals surface area contributed by atoms with Gasteiger partial charge in [-0.05, 0) is 12.8 Å². The third-order valence-corrected chi connectivity index (χ3v) is 3.55. The highest BCUT2D eigenvalue weighted by Gasteiger charge is 2.25. The standard InChI is InChI=1S/C12H23N3O2/c1-14(2)12(16)7-15-5-3-10(4-6-15)13-11-8-17-9-11/h10-11,13H,3-9H2,1-2H3. The van der Waals surface area contributed by atoms with Gasteiger partial charge in [0.1, 0.15) is 0 Å². The van der Waals surface area contributed by atoms with Crippen LogP contribution in [0.5, 0.6) is 0 Å². The first-order valence-electron chi connectivity index (χ1n) is 6.41. The van der Waals surface area contributed by atoms with Crippen LogP contribution in [0.1, 0.15) is 12.8 Å². The van der Waals surface area contributed by atoms with Gasteiger partial charge in [0.05, 0.1) is 25.8 Å². The molecule has 0 aromatic heterocycles. The Hall–Kier alpha value is -0.650. The minimum absolute atomic E-state index is 0.198. The van der Waals surface area contributed by atoms with Gasteiger partial charge in [-0.15, -0.1) is 0 Å². The molecule has 5 nitrogen and oxygen atoms in total. The molecule has 2 heterocycles. The van der Waals surface area contributed by atoms with E-state index < -0.39 is 0 Å². The molecular formula is C12H23N3O2. The highest BCUT2D eigenvalue weighted by atomic mass is 16.5. The number of ether oxygens (including phenoxy) is 1. The maximum absolute atomic E-state index is 11.6. The molecule has 1 amide bonds. The Bertz CT molecular complexity index is 258. The molecule has 1 N–H and O–H groups in total. The Balaban J connectivity index is 1.65. The molecule has 0 aromatic rings. The number of hydrogen-bond donors (Lipinski definition) is 1. The Morgan fingerprint density at radius 1 is 1.29 bits per heavy atom. The molecule has 2 fully saturated rings. The van der Waals surface area contributed by atoms with Crippen molar-refractivity contribution in [2.45, 2.75) is 24.9 Å². The van der Waals surface area contributed by atoms with E-state index in [2.05, 4.69) is 10.2 Å². The zero-order chi connectivity index (χ0) is 12.3. The lowest BCUT2D eigenvalue weighted by atomic mass is 10.0. The number of piperidine rings is 1. The summed E-state index contributed by atoms with van der Waals surface area (Å²) in [7, 11) is 3.63. The number of amides is 1. The first kappa shape index (κ1) is 12.8. The minimum Gasteiger partial charge on any atom is -0.378 e. The molecule has 0 spiro atoms. The summed E-state index contributed by atoms with van der Waals surface area (Å²) in [6.07, 6.45) is 2.27. The average Bonchev–Trinajstić information content (AvgIpc) is 2.25. The van der Waals surface area contributed by atoms with E-state index in [9.17, 15) is 4.79 Å². The van der Waals surface area contributed by atoms with E-state index in [0.717, 1.165) is 39.1 Å². The van der Waals surface area contributed by atoms with Gasteiger partial charge in [0.15, 0.2) is 0 Å². The molecule has 0 saturated carbocycles. The number of nitrogens with zero attached hydrogens (tertiary/aromatic N) is 2. The zero-order valence-corrected chi connectivity index (χ0v) is 10.8. The molecule has 2 saturated heterocycles. The predicted octanol–water partition coefficient (Wildman–Crippen LogP) is -0.473. The fourth-order valence-corrected chi connectivity index (χ4v) is 2.26. The summed E-state index contributed by atoms with van der Waals surface area (Å²) in [5.74, 6) is 0.198. The first-order valence-corrected chi connectivity index (χ1v) is 6.41. The van der Waals surface area contributed by atoms with E-state index in [4.69, 9.17) is 4.74 Å². The summed E-state index contributed by atoms with van der Waals surface area (Å²) >= 11 is 0. The number of carbonyl (C=O) groups is 1. The van der Waals surface area contributed by atoms with Gasteiger partial charge in [-0.3, -0.25) is 9.69 Å². The van der Waals surface area contributed by atoms with Crippen molar-refractivity contribution in [1.82, 2.24) is 15.1 Å². The van der Waals surface area contributed by atoms with E-state index in [1.807, 2.05) is 14.1 Å². The quantitative estimate of drug-likeness (QED) is 0.722. The molecule has 2 rings (SSSR count). The number of likely N-dealkylation sites (tertiary alicyclic amines) is 1. The topological polar surface area (TPSA) is 44.8 Å². The molecule has 2 aliphatic rings. The van der Waals surface area contributed by atoms with E-state index >= 15 is 0 Å². The van der Waals surface area contributed by atoms with E-state index in [1.54, 1.807) is 4.90 Å². The number of likely N-dealkylation sites (N-methyl/N-ethyl adjacent to an activating group) is 1. The second-order valence-corrected chi connectivity index (χ2v) is 5.24. The van der Waals surface area contributed by atoms with Crippen LogP contribution in [0.2, 0.25) is 0 Å². The van der Waals surface area contributed by atoms with Crippen molar-refractivity contribution in [2.24, 2.45) is 0 Å². The summed E-state index contributed by atoms with van der Waals surface area (Å²) in [6.45, 7) is 4.32. The van der Waals surface area contributed by atoms with Crippen LogP contribution in [-0.4, -0.2) is 74.7 Å². The molecule has 2 aliphatic heterocycles. The predicted molar refractivity (Wildman–Crippen MR) is 65.9 cm³/mol. The molecule has 98 valence electrons. The van der Waals surface area contributed by atoms with Crippen molar-refractivity contribution in [2.75, 3.05) is 46.9 Å². The van der Waals surface area contributed by atoms with Crippen LogP contribution >= 0.6 is 0 Å². The molecule has 0 unspecified atom stereocenters. The van der Waals surface area contributed by atoms with Crippen LogP contribution in [-0.2, 0) is 9.53 Å². The highest BCUT2D eigenvalue weighted by Crippen LogP contribution is 2.12. The number of carbonyl (C=O) groups excluding carboxylic acids is 1. The molecule has 17 heavy (non-hydrogen) atoms. The Labute approximate surface area is 103 Å². The third-order valence-electron chi connectivity index (χ3n) is 3.55. The SMILES string of the molecule is CN(C)C(=O)CN1CCC(NC2COC2)CC1. The summed E-state index contributed by atoms with van der Waals surface area (Å²) in [6, 6.07) is 1.17. The lowest BCUT2D eigenvalue weighted by Crippen LogP contribution is -2.54. The monoisotopic (exact) mass is 241 g/mol. The summed E-state index contributed by atoms with van der Waals surface area (Å²) in [5, 5.41) is 3.60. The van der Waals surface area contributed by atoms with Crippen LogP contribution in [0.4, 0.5) is 0 Å². The van der Waals surface area contributed by atoms with Crippen LogP contribution in [0.3, 0.4) is 0 Å². The van der Waals surface area contributed by atoms with Crippen LogP contribution in [0, 0.1) is 0 Å². The maximum atomic E-state index is 11.6. The molecule has 0 bridgehead atoms. The number of rotatable bonds is 4. The normalized spacial score (nSPS) is 23.4. The van der Waals surface area contributed by atoms with Gasteiger partial charge >= 0.3 is 0 Å². The zero-order valence-electron chi connectivity index (χ0n) is 10.8. The smallest absolute Gasteiger partial charge is 0.236 e. The van der Waals surface area contributed by atoms with Crippen LogP contribution in [0.15, 0.2) is 0 Å². The van der Waals surface area contributed by atoms with E-state index in [-0.39, 0.29) is 5.91 Å². The summed E-state index contributed by atoms with van der Waals surface area (Å²) in [5.41, 5.74) is 0. The Kier molecular flexibility index (Phi) is 4.36. The summed E-state index contributed by atoms with van der Waals surface area (Å²) < 4.78 is 5.15. The van der Waals surface area contributed by atoms with Gasteiger partial charge in [0.25, 0.3) is 0 Å². The largest absolute Gasteiger partial charge is 0.378 e. The van der Waals surface area contributed by atoms with Crippen LogP contribution in [0.25, 0.3) is 0 Å². The Morgan fingerprint density at radius 3 is 2.41 bits per heavy atom. The van der Waals surface area contributed by atoms with Crippen LogP contribution < -0.4 is 5.32 Å². The second kappa shape index (κ2) is 5.80. The molecule has 0 radical (unpaired) electrons. The molecule has 0 aromatic carbocycles.